The van der Waals surface area contributed by atoms with Gasteiger partial charge in [0.25, 0.3) is 0 Å². The summed E-state index contributed by atoms with van der Waals surface area (Å²) in [7, 11) is 0. The van der Waals surface area contributed by atoms with Gasteiger partial charge in [-0.25, -0.2) is 9.78 Å². The maximum Gasteiger partial charge on any atom is 0.335 e. The number of hydrogen-bond acceptors (Lipinski definition) is 3. The summed E-state index contributed by atoms with van der Waals surface area (Å²) in [5.74, 6) is -0.569. The molecule has 0 spiro atoms. The summed E-state index contributed by atoms with van der Waals surface area (Å²) in [5.41, 5.74) is 1.67. The highest BCUT2D eigenvalue weighted by molar-refractivity contribution is 5.92. The van der Waals surface area contributed by atoms with Crippen LogP contribution in [0, 0.1) is 5.92 Å². The molecule has 0 aliphatic heterocycles. The molecule has 0 saturated heterocycles. The molecule has 0 fully saturated rings. The lowest BCUT2D eigenvalue weighted by Crippen LogP contribution is -2.27. The SMILES string of the molecule is CC(C)CNC(=O)CCn1cnc2ccc(C(=O)O)cc21. The molecule has 0 saturated carbocycles. The monoisotopic (exact) mass is 289 g/mol. The number of fused-ring (bicyclic) bond motifs is 1. The highest BCUT2D eigenvalue weighted by Gasteiger charge is 2.09. The van der Waals surface area contributed by atoms with Crippen LogP contribution in [0.3, 0.4) is 0 Å². The first kappa shape index (κ1) is 15.0. The molecular formula is C15H19N3O3. The van der Waals surface area contributed by atoms with E-state index in [9.17, 15) is 9.59 Å². The molecule has 21 heavy (non-hydrogen) atoms. The Labute approximate surface area is 122 Å². The van der Waals surface area contributed by atoms with Crippen molar-refractivity contribution in [3.05, 3.63) is 30.1 Å². The van der Waals surface area contributed by atoms with Crippen molar-refractivity contribution >= 4 is 22.9 Å². The molecule has 2 N–H and O–H groups in total. The van der Waals surface area contributed by atoms with Crippen LogP contribution in [-0.4, -0.2) is 33.1 Å². The highest BCUT2D eigenvalue weighted by Crippen LogP contribution is 2.15. The maximum atomic E-state index is 11.7. The molecule has 1 heterocycles. The minimum absolute atomic E-state index is 0.0139. The van der Waals surface area contributed by atoms with Crippen LogP contribution in [-0.2, 0) is 11.3 Å². The van der Waals surface area contributed by atoms with Crippen molar-refractivity contribution < 1.29 is 14.7 Å². The van der Waals surface area contributed by atoms with Gasteiger partial charge in [-0.3, -0.25) is 4.79 Å². The Morgan fingerprint density at radius 3 is 2.81 bits per heavy atom. The summed E-state index contributed by atoms with van der Waals surface area (Å²) in [6.45, 7) is 5.21. The number of rotatable bonds is 6. The van der Waals surface area contributed by atoms with Crippen LogP contribution in [0.1, 0.15) is 30.6 Å². The minimum atomic E-state index is -0.973. The molecule has 2 rings (SSSR count). The quantitative estimate of drug-likeness (QED) is 0.850. The van der Waals surface area contributed by atoms with Gasteiger partial charge in [-0.05, 0) is 24.1 Å². The molecule has 0 aliphatic carbocycles. The molecule has 112 valence electrons. The van der Waals surface area contributed by atoms with Gasteiger partial charge >= 0.3 is 5.97 Å². The molecule has 0 bridgehead atoms. The van der Waals surface area contributed by atoms with Gasteiger partial charge in [0.2, 0.25) is 5.91 Å². The molecule has 2 aromatic rings. The van der Waals surface area contributed by atoms with E-state index < -0.39 is 5.97 Å². The topological polar surface area (TPSA) is 84.2 Å². The Kier molecular flexibility index (Phi) is 4.57. The number of carboxylic acids is 1. The Hall–Kier alpha value is -2.37. The average molecular weight is 289 g/mol. The van der Waals surface area contributed by atoms with Crippen LogP contribution in [0.5, 0.6) is 0 Å². The summed E-state index contributed by atoms with van der Waals surface area (Å²) < 4.78 is 1.80. The predicted molar refractivity (Wildman–Crippen MR) is 79.2 cm³/mol. The van der Waals surface area contributed by atoms with E-state index in [1.165, 1.54) is 6.07 Å². The van der Waals surface area contributed by atoms with Crippen molar-refractivity contribution in [2.24, 2.45) is 5.92 Å². The van der Waals surface area contributed by atoms with Crippen molar-refractivity contribution in [3.63, 3.8) is 0 Å². The van der Waals surface area contributed by atoms with Gasteiger partial charge in [-0.1, -0.05) is 13.8 Å². The first-order valence-corrected chi connectivity index (χ1v) is 6.92. The van der Waals surface area contributed by atoms with E-state index in [4.69, 9.17) is 5.11 Å². The van der Waals surface area contributed by atoms with Crippen LogP contribution in [0.15, 0.2) is 24.5 Å². The van der Waals surface area contributed by atoms with Crippen molar-refractivity contribution in [2.75, 3.05) is 6.54 Å². The van der Waals surface area contributed by atoms with Crippen LogP contribution < -0.4 is 5.32 Å². The lowest BCUT2D eigenvalue weighted by molar-refractivity contribution is -0.121. The fraction of sp³-hybridized carbons (Fsp3) is 0.400. The van der Waals surface area contributed by atoms with E-state index in [2.05, 4.69) is 10.3 Å². The van der Waals surface area contributed by atoms with Crippen molar-refractivity contribution in [1.29, 1.82) is 0 Å². The number of aromatic nitrogens is 2. The van der Waals surface area contributed by atoms with Gasteiger partial charge in [0.15, 0.2) is 0 Å². The largest absolute Gasteiger partial charge is 0.478 e. The number of carboxylic acid groups (broad SMARTS) is 1. The lowest BCUT2D eigenvalue weighted by Gasteiger charge is -2.08. The number of nitrogens with one attached hydrogen (secondary N) is 1. The molecule has 1 amide bonds. The number of aryl methyl sites for hydroxylation is 1. The summed E-state index contributed by atoms with van der Waals surface area (Å²) in [4.78, 5) is 26.9. The molecule has 0 aliphatic rings. The fourth-order valence-electron chi connectivity index (χ4n) is 2.00. The summed E-state index contributed by atoms with van der Waals surface area (Å²) >= 11 is 0. The van der Waals surface area contributed by atoms with Gasteiger partial charge in [0.1, 0.15) is 0 Å². The van der Waals surface area contributed by atoms with Crippen molar-refractivity contribution in [3.8, 4) is 0 Å². The number of carbonyl (C=O) groups is 2. The zero-order chi connectivity index (χ0) is 15.4. The average Bonchev–Trinajstić information content (AvgIpc) is 2.85. The second-order valence-corrected chi connectivity index (χ2v) is 5.39. The Morgan fingerprint density at radius 2 is 2.14 bits per heavy atom. The number of benzene rings is 1. The Bertz CT molecular complexity index is 661. The fourth-order valence-corrected chi connectivity index (χ4v) is 2.00. The number of aromatic carboxylic acids is 1. The number of carbonyl (C=O) groups excluding carboxylic acids is 1. The second kappa shape index (κ2) is 6.39. The minimum Gasteiger partial charge on any atom is -0.478 e. The van der Waals surface area contributed by atoms with Gasteiger partial charge in [0, 0.05) is 19.5 Å². The summed E-state index contributed by atoms with van der Waals surface area (Å²) in [6, 6.07) is 4.78. The summed E-state index contributed by atoms with van der Waals surface area (Å²) in [5, 5.41) is 11.9. The van der Waals surface area contributed by atoms with E-state index in [0.717, 1.165) is 11.0 Å². The maximum absolute atomic E-state index is 11.7. The third kappa shape index (κ3) is 3.81. The van der Waals surface area contributed by atoms with Crippen molar-refractivity contribution in [2.45, 2.75) is 26.8 Å². The zero-order valence-corrected chi connectivity index (χ0v) is 12.2. The van der Waals surface area contributed by atoms with Crippen molar-refractivity contribution in [1.82, 2.24) is 14.9 Å². The molecule has 0 atom stereocenters. The molecule has 1 aromatic carbocycles. The Balaban J connectivity index is 2.06. The molecule has 0 unspecified atom stereocenters. The van der Waals surface area contributed by atoms with E-state index in [1.54, 1.807) is 23.0 Å². The Morgan fingerprint density at radius 1 is 1.38 bits per heavy atom. The lowest BCUT2D eigenvalue weighted by atomic mass is 10.2. The normalized spacial score (nSPS) is 11.0. The molecular weight excluding hydrogens is 270 g/mol. The number of nitrogens with zero attached hydrogens (tertiary/aromatic N) is 2. The van der Waals surface area contributed by atoms with E-state index in [0.29, 0.717) is 25.4 Å². The zero-order valence-electron chi connectivity index (χ0n) is 12.2. The van der Waals surface area contributed by atoms with E-state index >= 15 is 0 Å². The van der Waals surface area contributed by atoms with Gasteiger partial charge < -0.3 is 15.0 Å². The third-order valence-electron chi connectivity index (χ3n) is 3.16. The predicted octanol–water partition coefficient (Wildman–Crippen LogP) is 1.90. The standard InChI is InChI=1S/C15H19N3O3/c1-10(2)8-16-14(19)5-6-18-9-17-12-4-3-11(15(20)21)7-13(12)18/h3-4,7,9-10H,5-6,8H2,1-2H3,(H,16,19)(H,20,21). The number of amides is 1. The van der Waals surface area contributed by atoms with Crippen LogP contribution >= 0.6 is 0 Å². The molecule has 6 heteroatoms. The highest BCUT2D eigenvalue weighted by atomic mass is 16.4. The van der Waals surface area contributed by atoms with Crippen LogP contribution in [0.2, 0.25) is 0 Å². The first-order valence-electron chi connectivity index (χ1n) is 6.92. The van der Waals surface area contributed by atoms with E-state index in [-0.39, 0.29) is 11.5 Å². The van der Waals surface area contributed by atoms with Gasteiger partial charge in [-0.15, -0.1) is 0 Å². The van der Waals surface area contributed by atoms with Crippen LogP contribution in [0.4, 0.5) is 0 Å². The second-order valence-electron chi connectivity index (χ2n) is 5.39. The third-order valence-corrected chi connectivity index (χ3v) is 3.16. The van der Waals surface area contributed by atoms with Crippen LogP contribution in [0.25, 0.3) is 11.0 Å². The first-order chi connectivity index (χ1) is 9.97. The van der Waals surface area contributed by atoms with E-state index in [1.807, 2.05) is 13.8 Å². The number of hydrogen-bond donors (Lipinski definition) is 2. The molecule has 6 nitrogen and oxygen atoms in total. The summed E-state index contributed by atoms with van der Waals surface area (Å²) in [6.07, 6.45) is 1.97. The smallest absolute Gasteiger partial charge is 0.335 e. The molecule has 0 radical (unpaired) electrons. The van der Waals surface area contributed by atoms with Gasteiger partial charge in [0.05, 0.1) is 22.9 Å². The molecule has 1 aromatic heterocycles. The van der Waals surface area contributed by atoms with Gasteiger partial charge in [-0.2, -0.15) is 0 Å². The number of imidazole rings is 1.